The van der Waals surface area contributed by atoms with Gasteiger partial charge in [0.2, 0.25) is 0 Å². The summed E-state index contributed by atoms with van der Waals surface area (Å²) < 4.78 is 31.7. The molecule has 0 saturated carbocycles. The van der Waals surface area contributed by atoms with Crippen LogP contribution in [0.15, 0.2) is 54.7 Å². The van der Waals surface area contributed by atoms with E-state index in [9.17, 15) is 22.8 Å². The number of alkyl halides is 3. The molecule has 1 amide bonds. The molecule has 168 valence electrons. The highest BCUT2D eigenvalue weighted by Gasteiger charge is 2.43. The van der Waals surface area contributed by atoms with Gasteiger partial charge in [-0.2, -0.15) is 18.3 Å². The number of nitrogens with zero attached hydrogens (tertiary/aromatic N) is 2. The van der Waals surface area contributed by atoms with Gasteiger partial charge in [0.05, 0.1) is 11.3 Å². The standard InChI is InChI=1S/C20H12ClN3O2.C2HF3O2/c21-12-2-1-3-13(10-12)24-16-7-5-11-4-6-14(15-8-9-22-23-15)18(20(24)26)17(11)19(16)25;3-2(4,5)1(6)7/h1-10,16H,(H,22,23);(H,6,7). The zero-order valence-corrected chi connectivity index (χ0v) is 17.2. The number of carbonyl (C=O) groups excluding carboxylic acids is 2. The van der Waals surface area contributed by atoms with Crippen molar-refractivity contribution in [1.29, 1.82) is 0 Å². The maximum Gasteiger partial charge on any atom is 0.490 e. The van der Waals surface area contributed by atoms with Crippen LogP contribution < -0.4 is 4.90 Å². The fourth-order valence-electron chi connectivity index (χ4n) is 3.66. The quantitative estimate of drug-likeness (QED) is 0.563. The predicted octanol–water partition coefficient (Wildman–Crippen LogP) is 4.60. The lowest BCUT2D eigenvalue weighted by atomic mass is 9.81. The average Bonchev–Trinajstić information content (AvgIpc) is 3.28. The molecule has 1 aliphatic heterocycles. The first kappa shape index (κ1) is 22.3. The second-order valence-corrected chi connectivity index (χ2v) is 7.49. The minimum atomic E-state index is -5.08. The first-order valence-corrected chi connectivity index (χ1v) is 9.76. The molecule has 2 aromatic carbocycles. The van der Waals surface area contributed by atoms with E-state index in [1.54, 1.807) is 42.6 Å². The molecular weight excluding hydrogens is 463 g/mol. The Hall–Kier alpha value is -3.92. The fourth-order valence-corrected chi connectivity index (χ4v) is 3.84. The van der Waals surface area contributed by atoms with Gasteiger partial charge in [-0.3, -0.25) is 19.6 Å². The van der Waals surface area contributed by atoms with Gasteiger partial charge in [-0.1, -0.05) is 42.0 Å². The lowest BCUT2D eigenvalue weighted by Crippen LogP contribution is -2.50. The van der Waals surface area contributed by atoms with E-state index in [4.69, 9.17) is 21.5 Å². The number of benzene rings is 2. The van der Waals surface area contributed by atoms with Crippen molar-refractivity contribution >= 4 is 41.0 Å². The van der Waals surface area contributed by atoms with Crippen molar-refractivity contribution < 1.29 is 32.7 Å². The molecule has 0 fully saturated rings. The highest BCUT2D eigenvalue weighted by atomic mass is 35.5. The summed E-state index contributed by atoms with van der Waals surface area (Å²) in [7, 11) is 0. The van der Waals surface area contributed by atoms with Crippen molar-refractivity contribution in [3.63, 3.8) is 0 Å². The van der Waals surface area contributed by atoms with Crippen LogP contribution in [-0.4, -0.2) is 45.2 Å². The molecule has 7 nitrogen and oxygen atoms in total. The predicted molar refractivity (Wildman–Crippen MR) is 113 cm³/mol. The van der Waals surface area contributed by atoms with Gasteiger partial charge in [0.15, 0.2) is 5.78 Å². The number of hydrogen-bond acceptors (Lipinski definition) is 4. The monoisotopic (exact) mass is 475 g/mol. The molecule has 5 rings (SSSR count). The van der Waals surface area contributed by atoms with Gasteiger partial charge in [0.1, 0.15) is 6.04 Å². The van der Waals surface area contributed by atoms with Crippen LogP contribution >= 0.6 is 11.6 Å². The number of amides is 1. The Morgan fingerprint density at radius 2 is 1.85 bits per heavy atom. The molecule has 3 aromatic rings. The van der Waals surface area contributed by atoms with Crippen molar-refractivity contribution in [3.05, 3.63) is 76.5 Å². The van der Waals surface area contributed by atoms with E-state index in [0.717, 1.165) is 5.56 Å². The summed E-state index contributed by atoms with van der Waals surface area (Å²) in [6.07, 6.45) is 0.196. The zero-order valence-electron chi connectivity index (χ0n) is 16.4. The number of ketones is 1. The highest BCUT2D eigenvalue weighted by Crippen LogP contribution is 2.39. The van der Waals surface area contributed by atoms with E-state index in [0.29, 0.717) is 33.1 Å². The number of hydrogen-bond donors (Lipinski definition) is 2. The first-order valence-electron chi connectivity index (χ1n) is 9.38. The third kappa shape index (κ3) is 4.00. The summed E-state index contributed by atoms with van der Waals surface area (Å²) in [6.45, 7) is 0. The Morgan fingerprint density at radius 3 is 2.45 bits per heavy atom. The number of aliphatic carboxylic acids is 1. The van der Waals surface area contributed by atoms with Crippen molar-refractivity contribution in [2.45, 2.75) is 12.2 Å². The number of anilines is 1. The molecule has 2 aliphatic rings. The topological polar surface area (TPSA) is 103 Å². The maximum atomic E-state index is 13.4. The lowest BCUT2D eigenvalue weighted by Gasteiger charge is -2.37. The number of halogens is 4. The largest absolute Gasteiger partial charge is 0.490 e. The van der Waals surface area contributed by atoms with Crippen LogP contribution in [0.25, 0.3) is 17.3 Å². The summed E-state index contributed by atoms with van der Waals surface area (Å²) in [4.78, 5) is 37.0. The number of carboxylic acid groups (broad SMARTS) is 1. The summed E-state index contributed by atoms with van der Waals surface area (Å²) >= 11 is 6.11. The van der Waals surface area contributed by atoms with Gasteiger partial charge in [0.25, 0.3) is 5.91 Å². The smallest absolute Gasteiger partial charge is 0.475 e. The van der Waals surface area contributed by atoms with E-state index >= 15 is 0 Å². The molecule has 1 unspecified atom stereocenters. The Morgan fingerprint density at radius 1 is 1.12 bits per heavy atom. The molecule has 2 bridgehead atoms. The Kier molecular flexibility index (Phi) is 5.54. The number of fused-ring (bicyclic) bond motifs is 1. The minimum Gasteiger partial charge on any atom is -0.475 e. The van der Waals surface area contributed by atoms with Crippen LogP contribution in [-0.2, 0) is 4.79 Å². The Bertz CT molecular complexity index is 1300. The van der Waals surface area contributed by atoms with Crippen molar-refractivity contribution in [2.75, 3.05) is 4.90 Å². The van der Waals surface area contributed by atoms with E-state index in [1.807, 2.05) is 18.2 Å². The van der Waals surface area contributed by atoms with E-state index in [-0.39, 0.29) is 11.7 Å². The molecule has 11 heteroatoms. The number of carbonyl (C=O) groups is 3. The van der Waals surface area contributed by atoms with E-state index in [1.165, 1.54) is 4.90 Å². The van der Waals surface area contributed by atoms with Gasteiger partial charge in [-0.05, 0) is 29.8 Å². The second-order valence-electron chi connectivity index (χ2n) is 7.05. The van der Waals surface area contributed by atoms with E-state index in [2.05, 4.69) is 10.2 Å². The fraction of sp³-hybridized carbons (Fsp3) is 0.0909. The maximum absolute atomic E-state index is 13.4. The molecule has 33 heavy (non-hydrogen) atoms. The van der Waals surface area contributed by atoms with Gasteiger partial charge in [-0.15, -0.1) is 0 Å². The summed E-state index contributed by atoms with van der Waals surface area (Å²) in [5, 5.41) is 14.5. The van der Waals surface area contributed by atoms with Crippen molar-refractivity contribution in [2.24, 2.45) is 0 Å². The minimum absolute atomic E-state index is 0.0848. The summed E-state index contributed by atoms with van der Waals surface area (Å²) in [5.41, 5.74) is 3.61. The van der Waals surface area contributed by atoms with Crippen LogP contribution in [0.1, 0.15) is 26.3 Å². The molecule has 0 radical (unpaired) electrons. The summed E-state index contributed by atoms with van der Waals surface area (Å²) in [5.74, 6) is -3.06. The van der Waals surface area contributed by atoms with E-state index < -0.39 is 18.2 Å². The van der Waals surface area contributed by atoms with Crippen molar-refractivity contribution in [1.82, 2.24) is 10.2 Å². The van der Waals surface area contributed by atoms with Crippen molar-refractivity contribution in [3.8, 4) is 11.3 Å². The third-order valence-corrected chi connectivity index (χ3v) is 5.28. The SMILES string of the molecule is O=C(O)C(F)(F)F.O=C1c2c3ccc(-c4ccn[nH]4)c2C(=O)N(c2cccc(Cl)c2)C1C=C3. The first-order chi connectivity index (χ1) is 15.6. The number of H-pyrrole nitrogens is 1. The lowest BCUT2D eigenvalue weighted by molar-refractivity contribution is -0.192. The highest BCUT2D eigenvalue weighted by molar-refractivity contribution is 6.31. The number of carboxylic acids is 1. The molecule has 2 N–H and O–H groups in total. The number of Topliss-reactive ketones (excluding diaryl/α,β-unsaturated/α-hetero) is 1. The molecule has 2 heterocycles. The van der Waals surface area contributed by atoms with Gasteiger partial charge < -0.3 is 5.11 Å². The molecule has 1 aromatic heterocycles. The second kappa shape index (κ2) is 8.21. The number of aromatic nitrogens is 2. The van der Waals surface area contributed by atoms with Crippen LogP contribution in [0.3, 0.4) is 0 Å². The molecular formula is C22H13ClF3N3O4. The molecule has 0 spiro atoms. The van der Waals surface area contributed by atoms with Gasteiger partial charge >= 0.3 is 12.1 Å². The molecule has 1 aliphatic carbocycles. The molecule has 0 saturated heterocycles. The Labute approximate surface area is 189 Å². The van der Waals surface area contributed by atoms with Gasteiger partial charge in [-0.25, -0.2) is 4.79 Å². The van der Waals surface area contributed by atoms with Gasteiger partial charge in [0, 0.05) is 28.0 Å². The average molecular weight is 476 g/mol. The molecule has 1 atom stereocenters. The summed E-state index contributed by atoms with van der Waals surface area (Å²) in [6, 6.07) is 11.8. The zero-order chi connectivity index (χ0) is 23.9. The van der Waals surface area contributed by atoms with Crippen LogP contribution in [0, 0.1) is 0 Å². The number of rotatable bonds is 2. The van der Waals surface area contributed by atoms with Crippen LogP contribution in [0.4, 0.5) is 18.9 Å². The Balaban J connectivity index is 0.000000325. The van der Waals surface area contributed by atoms with Crippen LogP contribution in [0.2, 0.25) is 5.02 Å². The van der Waals surface area contributed by atoms with Crippen LogP contribution in [0.5, 0.6) is 0 Å². The number of nitrogens with one attached hydrogen (secondary N) is 1. The third-order valence-electron chi connectivity index (χ3n) is 5.04. The normalized spacial score (nSPS) is 16.4. The number of aromatic amines is 1.